The van der Waals surface area contributed by atoms with Crippen LogP contribution in [0.4, 0.5) is 4.79 Å². The summed E-state index contributed by atoms with van der Waals surface area (Å²) in [6.45, 7) is 7.12. The maximum atomic E-state index is 11.3. The first kappa shape index (κ1) is 17.7. The van der Waals surface area contributed by atoms with E-state index in [1.54, 1.807) is 0 Å². The van der Waals surface area contributed by atoms with E-state index in [4.69, 9.17) is 10.5 Å². The Morgan fingerprint density at radius 3 is 2.16 bits per heavy atom. The average Bonchev–Trinajstić information content (AvgIpc) is 2.25. The molecule has 0 aliphatic carbocycles. The molecule has 0 aliphatic rings. The lowest BCUT2D eigenvalue weighted by Crippen LogP contribution is -2.33. The highest BCUT2D eigenvalue weighted by Crippen LogP contribution is 2.06. The van der Waals surface area contributed by atoms with Gasteiger partial charge in [-0.3, -0.25) is 4.79 Å². The van der Waals surface area contributed by atoms with Crippen LogP contribution in [0.2, 0.25) is 0 Å². The summed E-state index contributed by atoms with van der Waals surface area (Å²) in [5.74, 6) is -0.00520. The standard InChI is InChI=1S/C13H27N3O3/c1-13(2,3)19-12(18)16-10-6-4-5-9-15-11(17)7-8-14/h4-10,14H2,1-3H3,(H,15,17)(H,16,18). The van der Waals surface area contributed by atoms with Gasteiger partial charge in [0.05, 0.1) is 0 Å². The second-order valence-electron chi connectivity index (χ2n) is 5.38. The number of amides is 2. The molecule has 0 spiro atoms. The van der Waals surface area contributed by atoms with Crippen molar-refractivity contribution in [1.29, 1.82) is 0 Å². The van der Waals surface area contributed by atoms with Crippen molar-refractivity contribution in [2.24, 2.45) is 5.73 Å². The summed E-state index contributed by atoms with van der Waals surface area (Å²) in [5, 5.41) is 5.48. The predicted octanol–water partition coefficient (Wildman–Crippen LogP) is 1.15. The van der Waals surface area contributed by atoms with Gasteiger partial charge in [-0.1, -0.05) is 0 Å². The Balaban J connectivity index is 3.36. The number of rotatable bonds is 8. The zero-order valence-corrected chi connectivity index (χ0v) is 12.3. The molecule has 0 fully saturated rings. The molecule has 0 aromatic carbocycles. The minimum absolute atomic E-state index is 0.00520. The van der Waals surface area contributed by atoms with Crippen LogP contribution in [0.25, 0.3) is 0 Å². The van der Waals surface area contributed by atoms with Crippen LogP contribution in [0.1, 0.15) is 46.5 Å². The average molecular weight is 273 g/mol. The molecule has 6 heteroatoms. The van der Waals surface area contributed by atoms with Crippen LogP contribution in [-0.4, -0.2) is 37.2 Å². The lowest BCUT2D eigenvalue weighted by Gasteiger charge is -2.19. The zero-order chi connectivity index (χ0) is 14.7. The SMILES string of the molecule is CC(C)(C)OC(=O)NCCCCCNC(=O)CCN. The van der Waals surface area contributed by atoms with Crippen LogP contribution in [-0.2, 0) is 9.53 Å². The number of alkyl carbamates (subject to hydrolysis) is 1. The minimum atomic E-state index is -0.461. The van der Waals surface area contributed by atoms with Crippen LogP contribution >= 0.6 is 0 Å². The topological polar surface area (TPSA) is 93.5 Å². The van der Waals surface area contributed by atoms with Gasteiger partial charge >= 0.3 is 6.09 Å². The van der Waals surface area contributed by atoms with Gasteiger partial charge in [-0.15, -0.1) is 0 Å². The fourth-order valence-corrected chi connectivity index (χ4v) is 1.38. The lowest BCUT2D eigenvalue weighted by atomic mass is 10.2. The van der Waals surface area contributed by atoms with E-state index < -0.39 is 5.60 Å². The molecule has 0 heterocycles. The Labute approximate surface area is 115 Å². The highest BCUT2D eigenvalue weighted by Gasteiger charge is 2.15. The van der Waals surface area contributed by atoms with Gasteiger partial charge in [0.25, 0.3) is 0 Å². The third-order valence-electron chi connectivity index (χ3n) is 2.22. The zero-order valence-electron chi connectivity index (χ0n) is 12.3. The molecule has 19 heavy (non-hydrogen) atoms. The summed E-state index contributed by atoms with van der Waals surface area (Å²) in [7, 11) is 0. The van der Waals surface area contributed by atoms with Crippen LogP contribution < -0.4 is 16.4 Å². The van der Waals surface area contributed by atoms with E-state index in [1.165, 1.54) is 0 Å². The maximum Gasteiger partial charge on any atom is 0.407 e. The van der Waals surface area contributed by atoms with Gasteiger partial charge < -0.3 is 21.1 Å². The molecule has 0 aromatic heterocycles. The number of ether oxygens (including phenoxy) is 1. The first-order valence-corrected chi connectivity index (χ1v) is 6.79. The monoisotopic (exact) mass is 273 g/mol. The van der Waals surface area contributed by atoms with E-state index in [1.807, 2.05) is 20.8 Å². The molecule has 0 saturated heterocycles. The van der Waals surface area contributed by atoms with Crippen LogP contribution in [0, 0.1) is 0 Å². The van der Waals surface area contributed by atoms with Crippen molar-refractivity contribution in [1.82, 2.24) is 10.6 Å². The molecular formula is C13H27N3O3. The number of carbonyl (C=O) groups is 2. The second kappa shape index (κ2) is 9.61. The van der Waals surface area contributed by atoms with Gasteiger partial charge in [-0.25, -0.2) is 4.79 Å². The second-order valence-corrected chi connectivity index (χ2v) is 5.38. The molecule has 4 N–H and O–H groups in total. The normalized spacial score (nSPS) is 10.9. The quantitative estimate of drug-likeness (QED) is 0.578. The molecular weight excluding hydrogens is 246 g/mol. The van der Waals surface area contributed by atoms with Crippen LogP contribution in [0.3, 0.4) is 0 Å². The molecule has 0 bridgehead atoms. The number of nitrogens with two attached hydrogens (primary N) is 1. The molecule has 0 unspecified atom stereocenters. The predicted molar refractivity (Wildman–Crippen MR) is 74.8 cm³/mol. The summed E-state index contributed by atoms with van der Waals surface area (Å²) < 4.78 is 5.10. The minimum Gasteiger partial charge on any atom is -0.444 e. The van der Waals surface area contributed by atoms with Gasteiger partial charge in [0.1, 0.15) is 5.60 Å². The Kier molecular flexibility index (Phi) is 8.95. The Morgan fingerprint density at radius 1 is 1.05 bits per heavy atom. The molecule has 0 radical (unpaired) electrons. The van der Waals surface area contributed by atoms with Gasteiger partial charge in [0, 0.05) is 26.1 Å². The van der Waals surface area contributed by atoms with E-state index in [0.717, 1.165) is 19.3 Å². The molecule has 0 aliphatic heterocycles. The molecule has 0 aromatic rings. The highest BCUT2D eigenvalue weighted by atomic mass is 16.6. The van der Waals surface area contributed by atoms with Gasteiger partial charge in [-0.2, -0.15) is 0 Å². The van der Waals surface area contributed by atoms with E-state index in [2.05, 4.69) is 10.6 Å². The lowest BCUT2D eigenvalue weighted by molar-refractivity contribution is -0.120. The maximum absolute atomic E-state index is 11.3. The number of hydrogen-bond acceptors (Lipinski definition) is 4. The number of nitrogens with one attached hydrogen (secondary N) is 2. The van der Waals surface area contributed by atoms with Crippen molar-refractivity contribution in [2.75, 3.05) is 19.6 Å². The molecule has 6 nitrogen and oxygen atoms in total. The van der Waals surface area contributed by atoms with Crippen molar-refractivity contribution in [3.8, 4) is 0 Å². The summed E-state index contributed by atoms with van der Waals surface area (Å²) in [5.41, 5.74) is 4.80. The van der Waals surface area contributed by atoms with E-state index in [0.29, 0.717) is 26.1 Å². The van der Waals surface area contributed by atoms with Crippen molar-refractivity contribution in [3.05, 3.63) is 0 Å². The molecule has 2 amide bonds. The van der Waals surface area contributed by atoms with Gasteiger partial charge in [0.2, 0.25) is 5.91 Å². The third-order valence-corrected chi connectivity index (χ3v) is 2.22. The number of unbranched alkanes of at least 4 members (excludes halogenated alkanes) is 2. The van der Waals surface area contributed by atoms with Gasteiger partial charge in [0.15, 0.2) is 0 Å². The van der Waals surface area contributed by atoms with Crippen molar-refractivity contribution >= 4 is 12.0 Å². The fraction of sp³-hybridized carbons (Fsp3) is 0.846. The Bertz CT molecular complexity index is 275. The Hall–Kier alpha value is -1.30. The Morgan fingerprint density at radius 2 is 1.63 bits per heavy atom. The van der Waals surface area contributed by atoms with Crippen molar-refractivity contribution in [2.45, 2.75) is 52.1 Å². The smallest absolute Gasteiger partial charge is 0.407 e. The van der Waals surface area contributed by atoms with E-state index >= 15 is 0 Å². The number of carbonyl (C=O) groups excluding carboxylic acids is 2. The fourth-order valence-electron chi connectivity index (χ4n) is 1.38. The van der Waals surface area contributed by atoms with E-state index in [9.17, 15) is 9.59 Å². The summed E-state index contributed by atoms with van der Waals surface area (Å²) in [4.78, 5) is 22.4. The molecule has 112 valence electrons. The largest absolute Gasteiger partial charge is 0.444 e. The van der Waals surface area contributed by atoms with Crippen molar-refractivity contribution < 1.29 is 14.3 Å². The highest BCUT2D eigenvalue weighted by molar-refractivity contribution is 5.75. The van der Waals surface area contributed by atoms with Gasteiger partial charge in [-0.05, 0) is 40.0 Å². The van der Waals surface area contributed by atoms with E-state index in [-0.39, 0.29) is 12.0 Å². The molecule has 0 rings (SSSR count). The first-order valence-electron chi connectivity index (χ1n) is 6.79. The summed E-state index contributed by atoms with van der Waals surface area (Å²) in [6.07, 6.45) is 2.70. The third kappa shape index (κ3) is 12.9. The van der Waals surface area contributed by atoms with Crippen LogP contribution in [0.5, 0.6) is 0 Å². The summed E-state index contributed by atoms with van der Waals surface area (Å²) in [6, 6.07) is 0. The van der Waals surface area contributed by atoms with Crippen molar-refractivity contribution in [3.63, 3.8) is 0 Å². The molecule has 0 saturated carbocycles. The van der Waals surface area contributed by atoms with Crippen LogP contribution in [0.15, 0.2) is 0 Å². The first-order chi connectivity index (χ1) is 8.85. The molecule has 0 atom stereocenters. The summed E-state index contributed by atoms with van der Waals surface area (Å²) >= 11 is 0. The number of hydrogen-bond donors (Lipinski definition) is 3.